The number of nitrogens with one attached hydrogen (secondary N) is 2. The fraction of sp³-hybridized carbons (Fsp3) is 0.154. The average Bonchev–Trinajstić information content (AvgIpc) is 2.82. The van der Waals surface area contributed by atoms with Gasteiger partial charge in [-0.15, -0.1) is 0 Å². The summed E-state index contributed by atoms with van der Waals surface area (Å²) in [7, 11) is 1.76. The van der Waals surface area contributed by atoms with Gasteiger partial charge in [-0.2, -0.15) is 0 Å². The van der Waals surface area contributed by atoms with Gasteiger partial charge in [-0.3, -0.25) is 9.59 Å². The van der Waals surface area contributed by atoms with Gasteiger partial charge in [-0.1, -0.05) is 49.4 Å². The van der Waals surface area contributed by atoms with Crippen molar-refractivity contribution in [1.29, 1.82) is 0 Å². The van der Waals surface area contributed by atoms with Crippen molar-refractivity contribution in [2.24, 2.45) is 0 Å². The van der Waals surface area contributed by atoms with Gasteiger partial charge >= 0.3 is 0 Å². The summed E-state index contributed by atoms with van der Waals surface area (Å²) in [4.78, 5) is 25.3. The van der Waals surface area contributed by atoms with E-state index in [-0.39, 0.29) is 11.7 Å². The highest BCUT2D eigenvalue weighted by atomic mass is 16.5. The molecule has 0 heterocycles. The van der Waals surface area contributed by atoms with Crippen molar-refractivity contribution < 1.29 is 14.3 Å². The molecule has 2 N–H and O–H groups in total. The number of anilines is 2. The first-order valence-electron chi connectivity index (χ1n) is 10.2. The first-order chi connectivity index (χ1) is 15.1. The van der Waals surface area contributed by atoms with E-state index >= 15 is 0 Å². The van der Waals surface area contributed by atoms with E-state index in [9.17, 15) is 9.59 Å². The molecule has 0 saturated heterocycles. The lowest BCUT2D eigenvalue weighted by Gasteiger charge is -2.11. The number of ether oxygens (including phenoxy) is 1. The maximum atomic E-state index is 12.9. The van der Waals surface area contributed by atoms with Gasteiger partial charge in [-0.05, 0) is 48.4 Å². The smallest absolute Gasteiger partial charge is 0.248 e. The molecule has 0 fully saturated rings. The molecule has 3 aromatic rings. The Morgan fingerprint density at radius 3 is 2.39 bits per heavy atom. The number of hydrogen-bond donors (Lipinski definition) is 2. The highest BCUT2D eigenvalue weighted by Crippen LogP contribution is 2.23. The number of benzene rings is 3. The molecule has 0 aromatic heterocycles. The molecular formula is C26H26N2O3. The molecule has 3 aromatic carbocycles. The van der Waals surface area contributed by atoms with E-state index in [1.165, 1.54) is 6.08 Å². The largest absolute Gasteiger partial charge is 0.494 e. The van der Waals surface area contributed by atoms with Crippen LogP contribution in [0, 0.1) is 0 Å². The van der Waals surface area contributed by atoms with Crippen molar-refractivity contribution in [2.75, 3.05) is 24.3 Å². The van der Waals surface area contributed by atoms with Crippen LogP contribution in [-0.4, -0.2) is 25.3 Å². The molecule has 31 heavy (non-hydrogen) atoms. The van der Waals surface area contributed by atoms with Gasteiger partial charge in [-0.25, -0.2) is 0 Å². The first-order valence-corrected chi connectivity index (χ1v) is 10.2. The Morgan fingerprint density at radius 2 is 1.71 bits per heavy atom. The van der Waals surface area contributed by atoms with Gasteiger partial charge in [0.05, 0.1) is 6.61 Å². The fourth-order valence-corrected chi connectivity index (χ4v) is 3.02. The highest BCUT2D eigenvalue weighted by Gasteiger charge is 2.14. The second-order valence-corrected chi connectivity index (χ2v) is 6.95. The van der Waals surface area contributed by atoms with Gasteiger partial charge in [0.15, 0.2) is 5.78 Å². The van der Waals surface area contributed by atoms with Crippen LogP contribution < -0.4 is 15.4 Å². The molecule has 0 aliphatic heterocycles. The number of carbonyl (C=O) groups excluding carboxylic acids is 2. The van der Waals surface area contributed by atoms with E-state index in [0.717, 1.165) is 17.7 Å². The second kappa shape index (κ2) is 10.8. The van der Waals surface area contributed by atoms with E-state index in [2.05, 4.69) is 17.6 Å². The predicted octanol–water partition coefficient (Wildman–Crippen LogP) is 5.40. The van der Waals surface area contributed by atoms with Crippen molar-refractivity contribution in [2.45, 2.75) is 13.3 Å². The average molecular weight is 415 g/mol. The third kappa shape index (κ3) is 6.06. The van der Waals surface area contributed by atoms with Gasteiger partial charge in [0.1, 0.15) is 5.75 Å². The monoisotopic (exact) mass is 414 g/mol. The Kier molecular flexibility index (Phi) is 7.60. The third-order valence-electron chi connectivity index (χ3n) is 4.62. The second-order valence-electron chi connectivity index (χ2n) is 6.95. The minimum atomic E-state index is -0.276. The van der Waals surface area contributed by atoms with Gasteiger partial charge in [0.25, 0.3) is 0 Å². The zero-order valence-electron chi connectivity index (χ0n) is 17.7. The summed E-state index contributed by atoms with van der Waals surface area (Å²) in [5.74, 6) is 0.423. The van der Waals surface area contributed by atoms with Crippen LogP contribution in [0.4, 0.5) is 11.4 Å². The number of carbonyl (C=O) groups is 2. The molecule has 5 nitrogen and oxygen atoms in total. The van der Waals surface area contributed by atoms with Crippen LogP contribution in [0.1, 0.15) is 34.8 Å². The molecule has 0 spiro atoms. The summed E-state index contributed by atoms with van der Waals surface area (Å²) in [6, 6.07) is 21.8. The molecule has 0 saturated carbocycles. The molecule has 158 valence electrons. The summed E-state index contributed by atoms with van der Waals surface area (Å²) < 4.78 is 5.56. The van der Waals surface area contributed by atoms with Crippen LogP contribution in [0.5, 0.6) is 5.75 Å². The topological polar surface area (TPSA) is 67.4 Å². The zero-order chi connectivity index (χ0) is 22.1. The van der Waals surface area contributed by atoms with Crippen molar-refractivity contribution in [1.82, 2.24) is 0 Å². The molecule has 3 rings (SSSR count). The Labute approximate surface area is 182 Å². The van der Waals surface area contributed by atoms with Gasteiger partial charge < -0.3 is 15.4 Å². The van der Waals surface area contributed by atoms with Crippen LogP contribution in [0.3, 0.4) is 0 Å². The van der Waals surface area contributed by atoms with Gasteiger partial charge in [0.2, 0.25) is 5.91 Å². The minimum Gasteiger partial charge on any atom is -0.494 e. The fourth-order valence-electron chi connectivity index (χ4n) is 3.02. The standard InChI is InChI=1S/C26H26N2O3/c1-3-17-31-22-13-9-19(10-14-22)11-16-25(29)28-21-12-15-24(27-2)23(18-21)26(30)20-7-5-4-6-8-20/h4-16,18,27H,3,17H2,1-2H3,(H,28,29)/b16-11+. The lowest BCUT2D eigenvalue weighted by molar-refractivity contribution is -0.111. The third-order valence-corrected chi connectivity index (χ3v) is 4.62. The van der Waals surface area contributed by atoms with Crippen LogP contribution >= 0.6 is 0 Å². The van der Waals surface area contributed by atoms with E-state index in [0.29, 0.717) is 29.1 Å². The first kappa shape index (κ1) is 21.8. The molecule has 1 amide bonds. The summed E-state index contributed by atoms with van der Waals surface area (Å²) in [6.45, 7) is 2.74. The Hall–Kier alpha value is -3.86. The SMILES string of the molecule is CCCOc1ccc(/C=C/C(=O)Nc2ccc(NC)c(C(=O)c3ccccc3)c2)cc1. The van der Waals surface area contributed by atoms with E-state index in [4.69, 9.17) is 4.74 Å². The quantitative estimate of drug-likeness (QED) is 0.363. The summed E-state index contributed by atoms with van der Waals surface area (Å²) in [5, 5.41) is 5.85. The molecular weight excluding hydrogens is 388 g/mol. The normalized spacial score (nSPS) is 10.6. The van der Waals surface area contributed by atoms with E-state index < -0.39 is 0 Å². The molecule has 0 aliphatic carbocycles. The number of rotatable bonds is 9. The molecule has 0 aliphatic rings. The Balaban J connectivity index is 1.70. The Bertz CT molecular complexity index is 1060. The molecule has 0 atom stereocenters. The lowest BCUT2D eigenvalue weighted by Crippen LogP contribution is -2.10. The zero-order valence-corrected chi connectivity index (χ0v) is 17.7. The Morgan fingerprint density at radius 1 is 0.968 bits per heavy atom. The molecule has 0 unspecified atom stereocenters. The summed E-state index contributed by atoms with van der Waals surface area (Å²) in [6.07, 6.45) is 4.15. The lowest BCUT2D eigenvalue weighted by atomic mass is 10.0. The van der Waals surface area contributed by atoms with Crippen LogP contribution in [0.25, 0.3) is 6.08 Å². The maximum absolute atomic E-state index is 12.9. The van der Waals surface area contributed by atoms with Crippen LogP contribution in [-0.2, 0) is 4.79 Å². The number of amides is 1. The molecule has 5 heteroatoms. The maximum Gasteiger partial charge on any atom is 0.248 e. The van der Waals surface area contributed by atoms with Crippen LogP contribution in [0.2, 0.25) is 0 Å². The number of ketones is 1. The summed E-state index contributed by atoms with van der Waals surface area (Å²) >= 11 is 0. The summed E-state index contributed by atoms with van der Waals surface area (Å²) in [5.41, 5.74) is 3.24. The molecule has 0 radical (unpaired) electrons. The highest BCUT2D eigenvalue weighted by molar-refractivity contribution is 6.13. The van der Waals surface area contributed by atoms with Crippen molar-refractivity contribution >= 4 is 29.1 Å². The number of hydrogen-bond acceptors (Lipinski definition) is 4. The predicted molar refractivity (Wildman–Crippen MR) is 126 cm³/mol. The van der Waals surface area contributed by atoms with E-state index in [1.54, 1.807) is 43.5 Å². The van der Waals surface area contributed by atoms with Crippen molar-refractivity contribution in [3.63, 3.8) is 0 Å². The van der Waals surface area contributed by atoms with Gasteiger partial charge in [0, 0.05) is 35.6 Å². The van der Waals surface area contributed by atoms with Crippen LogP contribution in [0.15, 0.2) is 78.9 Å². The van der Waals surface area contributed by atoms with Crippen molar-refractivity contribution in [3.05, 3.63) is 95.6 Å². The molecule has 0 bridgehead atoms. The van der Waals surface area contributed by atoms with E-state index in [1.807, 2.05) is 42.5 Å². The minimum absolute atomic E-state index is 0.109. The van der Waals surface area contributed by atoms with Crippen molar-refractivity contribution in [3.8, 4) is 5.75 Å².